The monoisotopic (exact) mass is 422 g/mol. The number of aromatic nitrogens is 2. The van der Waals surface area contributed by atoms with Crippen LogP contribution < -0.4 is 16.2 Å². The fourth-order valence-corrected chi connectivity index (χ4v) is 4.41. The molecule has 0 bridgehead atoms. The number of amides is 2. The van der Waals surface area contributed by atoms with E-state index in [2.05, 4.69) is 26.1 Å². The normalized spacial score (nSPS) is 18.2. The highest BCUT2D eigenvalue weighted by atomic mass is 19.1. The molecule has 1 aromatic heterocycles. The van der Waals surface area contributed by atoms with Crippen LogP contribution in [0.5, 0.6) is 0 Å². The molecule has 0 spiro atoms. The number of hydrogen-bond acceptors (Lipinski definition) is 7. The minimum absolute atomic E-state index is 0.118. The van der Waals surface area contributed by atoms with Gasteiger partial charge in [-0.15, -0.1) is 0 Å². The van der Waals surface area contributed by atoms with Gasteiger partial charge in [-0.3, -0.25) is 25.6 Å². The molecular weight excluding hydrogens is 391 g/mol. The van der Waals surface area contributed by atoms with E-state index in [1.54, 1.807) is 6.92 Å². The molecule has 2 aliphatic rings. The summed E-state index contributed by atoms with van der Waals surface area (Å²) in [6.07, 6.45) is 9.28. The highest BCUT2D eigenvalue weighted by Gasteiger charge is 2.27. The maximum atomic E-state index is 14.9. The molecule has 9 nitrogen and oxygen atoms in total. The lowest BCUT2D eigenvalue weighted by Crippen LogP contribution is -2.41. The first kappa shape index (κ1) is 22.2. The average molecular weight is 423 g/mol. The molecule has 0 aliphatic heterocycles. The van der Waals surface area contributed by atoms with Crippen molar-refractivity contribution in [2.24, 2.45) is 11.8 Å². The molecule has 1 atom stereocenters. The Kier molecular flexibility index (Phi) is 7.78. The second-order valence-corrected chi connectivity index (χ2v) is 8.33. The van der Waals surface area contributed by atoms with Gasteiger partial charge in [0.15, 0.2) is 11.6 Å². The maximum absolute atomic E-state index is 14.9. The first-order chi connectivity index (χ1) is 14.5. The van der Waals surface area contributed by atoms with E-state index in [-0.39, 0.29) is 30.6 Å². The molecule has 1 aromatic rings. The van der Waals surface area contributed by atoms with Crippen molar-refractivity contribution in [1.29, 1.82) is 0 Å². The highest BCUT2D eigenvalue weighted by Crippen LogP contribution is 2.31. The average Bonchev–Trinajstić information content (AvgIpc) is 3.42. The van der Waals surface area contributed by atoms with E-state index in [4.69, 9.17) is 0 Å². The van der Waals surface area contributed by atoms with E-state index < -0.39 is 17.6 Å². The standard InChI is InChI=1S/C20H31FN6O3/c1-13-22-18(24-16-8-4-5-9-16)17(21)19(23-13)25-26-20(29)15(11-27(30)12-28)10-14-6-2-3-7-14/h12,14-16,30H,2-11H2,1H3,(H,26,29)(H2,22,23,24,25)/t15-/m1/s1. The van der Waals surface area contributed by atoms with Crippen molar-refractivity contribution in [3.8, 4) is 0 Å². The molecule has 30 heavy (non-hydrogen) atoms. The Morgan fingerprint density at radius 3 is 2.50 bits per heavy atom. The molecule has 2 amide bonds. The zero-order valence-corrected chi connectivity index (χ0v) is 17.4. The van der Waals surface area contributed by atoms with Gasteiger partial charge in [0.2, 0.25) is 18.1 Å². The minimum Gasteiger partial charge on any atom is -0.365 e. The van der Waals surface area contributed by atoms with Crippen LogP contribution in [-0.4, -0.2) is 45.1 Å². The van der Waals surface area contributed by atoms with E-state index in [1.165, 1.54) is 0 Å². The smallest absolute Gasteiger partial charge is 0.243 e. The molecule has 0 aromatic carbocycles. The topological polar surface area (TPSA) is 119 Å². The summed E-state index contributed by atoms with van der Waals surface area (Å²) in [6.45, 7) is 1.54. The fraction of sp³-hybridized carbons (Fsp3) is 0.700. The molecule has 166 valence electrons. The molecule has 3 rings (SSSR count). The van der Waals surface area contributed by atoms with Crippen LogP contribution in [-0.2, 0) is 9.59 Å². The largest absolute Gasteiger partial charge is 0.365 e. The lowest BCUT2D eigenvalue weighted by molar-refractivity contribution is -0.154. The van der Waals surface area contributed by atoms with Crippen LogP contribution in [0.2, 0.25) is 0 Å². The Bertz CT molecular complexity index is 737. The number of hydroxylamine groups is 2. The van der Waals surface area contributed by atoms with Crippen LogP contribution in [0.15, 0.2) is 0 Å². The van der Waals surface area contributed by atoms with E-state index in [0.29, 0.717) is 23.2 Å². The Morgan fingerprint density at radius 2 is 1.83 bits per heavy atom. The van der Waals surface area contributed by atoms with Crippen molar-refractivity contribution < 1.29 is 19.2 Å². The fourth-order valence-electron chi connectivity index (χ4n) is 4.41. The maximum Gasteiger partial charge on any atom is 0.243 e. The third-order valence-corrected chi connectivity index (χ3v) is 5.96. The lowest BCUT2D eigenvalue weighted by atomic mass is 9.92. The second kappa shape index (κ2) is 10.5. The zero-order valence-electron chi connectivity index (χ0n) is 17.4. The van der Waals surface area contributed by atoms with Gasteiger partial charge in [0.1, 0.15) is 5.82 Å². The summed E-state index contributed by atoms with van der Waals surface area (Å²) in [5.74, 6) is -0.943. The number of nitrogens with one attached hydrogen (secondary N) is 3. The van der Waals surface area contributed by atoms with Crippen molar-refractivity contribution in [3.63, 3.8) is 0 Å². The van der Waals surface area contributed by atoms with Gasteiger partial charge in [0.05, 0.1) is 12.5 Å². The van der Waals surface area contributed by atoms with Gasteiger partial charge in [-0.05, 0) is 32.1 Å². The number of halogens is 1. The number of rotatable bonds is 10. The molecule has 2 saturated carbocycles. The Morgan fingerprint density at radius 1 is 1.20 bits per heavy atom. The predicted octanol–water partition coefficient (Wildman–Crippen LogP) is 2.77. The van der Waals surface area contributed by atoms with Gasteiger partial charge in [-0.1, -0.05) is 38.5 Å². The summed E-state index contributed by atoms with van der Waals surface area (Å²) < 4.78 is 14.9. The molecule has 2 aliphatic carbocycles. The Labute approximate surface area is 175 Å². The summed E-state index contributed by atoms with van der Waals surface area (Å²) in [4.78, 5) is 31.7. The van der Waals surface area contributed by atoms with E-state index in [0.717, 1.165) is 51.4 Å². The van der Waals surface area contributed by atoms with Gasteiger partial charge in [0, 0.05) is 6.04 Å². The van der Waals surface area contributed by atoms with Crippen LogP contribution in [0.25, 0.3) is 0 Å². The number of carbonyl (C=O) groups excluding carboxylic acids is 2. The minimum atomic E-state index is -0.656. The van der Waals surface area contributed by atoms with Crippen LogP contribution in [0.3, 0.4) is 0 Å². The second-order valence-electron chi connectivity index (χ2n) is 8.33. The number of hydrazine groups is 1. The van der Waals surface area contributed by atoms with Crippen LogP contribution >= 0.6 is 0 Å². The van der Waals surface area contributed by atoms with Gasteiger partial charge in [-0.2, -0.15) is 4.39 Å². The van der Waals surface area contributed by atoms with E-state index >= 15 is 0 Å². The molecule has 4 N–H and O–H groups in total. The first-order valence-electron chi connectivity index (χ1n) is 10.7. The zero-order chi connectivity index (χ0) is 21.5. The summed E-state index contributed by atoms with van der Waals surface area (Å²) in [5.41, 5.74) is 5.05. The van der Waals surface area contributed by atoms with Crippen LogP contribution in [0.4, 0.5) is 16.0 Å². The van der Waals surface area contributed by atoms with Gasteiger partial charge in [0.25, 0.3) is 0 Å². The summed E-state index contributed by atoms with van der Waals surface area (Å²) in [7, 11) is 0. The van der Waals surface area contributed by atoms with Crippen molar-refractivity contribution in [2.75, 3.05) is 17.3 Å². The summed E-state index contributed by atoms with van der Waals surface area (Å²) in [6, 6.07) is 0.186. The Balaban J connectivity index is 1.64. The highest BCUT2D eigenvalue weighted by molar-refractivity contribution is 5.80. The number of carbonyl (C=O) groups is 2. The van der Waals surface area contributed by atoms with Crippen molar-refractivity contribution in [1.82, 2.24) is 20.5 Å². The summed E-state index contributed by atoms with van der Waals surface area (Å²) >= 11 is 0. The molecule has 1 heterocycles. The molecular formula is C20H31FN6O3. The quantitative estimate of drug-likeness (QED) is 0.260. The molecule has 0 radical (unpaired) electrons. The molecule has 10 heteroatoms. The number of nitrogens with zero attached hydrogens (tertiary/aromatic N) is 3. The molecule has 0 unspecified atom stereocenters. The van der Waals surface area contributed by atoms with Gasteiger partial charge >= 0.3 is 0 Å². The van der Waals surface area contributed by atoms with E-state index in [9.17, 15) is 19.2 Å². The number of hydrogen-bond donors (Lipinski definition) is 4. The first-order valence-corrected chi connectivity index (χ1v) is 10.7. The van der Waals surface area contributed by atoms with Crippen LogP contribution in [0, 0.1) is 24.6 Å². The van der Waals surface area contributed by atoms with Crippen molar-refractivity contribution in [3.05, 3.63) is 11.6 Å². The Hall–Kier alpha value is -2.49. The molecule has 2 fully saturated rings. The SMILES string of the molecule is Cc1nc(NNC(=O)[C@H](CC2CCCC2)CN(O)C=O)c(F)c(NC2CCCC2)n1. The molecule has 0 saturated heterocycles. The number of anilines is 2. The predicted molar refractivity (Wildman–Crippen MR) is 109 cm³/mol. The summed E-state index contributed by atoms with van der Waals surface area (Å²) in [5, 5.41) is 13.2. The van der Waals surface area contributed by atoms with E-state index in [1.807, 2.05) is 0 Å². The lowest BCUT2D eigenvalue weighted by Gasteiger charge is -2.23. The van der Waals surface area contributed by atoms with Crippen LogP contribution in [0.1, 0.15) is 63.6 Å². The third-order valence-electron chi connectivity index (χ3n) is 5.96. The third kappa shape index (κ3) is 6.01. The van der Waals surface area contributed by atoms with Crippen molar-refractivity contribution in [2.45, 2.75) is 70.8 Å². The van der Waals surface area contributed by atoms with Gasteiger partial charge in [-0.25, -0.2) is 15.0 Å². The number of aryl methyl sites for hydroxylation is 1. The van der Waals surface area contributed by atoms with Gasteiger partial charge < -0.3 is 5.32 Å². The van der Waals surface area contributed by atoms with Crippen molar-refractivity contribution >= 4 is 24.0 Å².